The first-order valence-electron chi connectivity index (χ1n) is 6.65. The number of hydrogen-bond acceptors (Lipinski definition) is 4. The van der Waals surface area contributed by atoms with E-state index in [0.717, 1.165) is 5.56 Å². The number of amides is 1. The Kier molecular flexibility index (Phi) is 4.71. The highest BCUT2D eigenvalue weighted by atomic mass is 16.5. The molecule has 0 fully saturated rings. The van der Waals surface area contributed by atoms with Crippen molar-refractivity contribution >= 4 is 11.9 Å². The summed E-state index contributed by atoms with van der Waals surface area (Å²) in [5.74, 6) is -0.760. The van der Waals surface area contributed by atoms with E-state index >= 15 is 0 Å². The zero-order chi connectivity index (χ0) is 15.2. The molecule has 0 spiro atoms. The van der Waals surface area contributed by atoms with Crippen molar-refractivity contribution < 1.29 is 19.2 Å². The minimum Gasteiger partial charge on any atom is -0.481 e. The lowest BCUT2D eigenvalue weighted by Gasteiger charge is -2.18. The van der Waals surface area contributed by atoms with Gasteiger partial charge < -0.3 is 14.5 Å². The summed E-state index contributed by atoms with van der Waals surface area (Å²) in [4.78, 5) is 24.3. The van der Waals surface area contributed by atoms with Gasteiger partial charge in [0.2, 0.25) is 0 Å². The van der Waals surface area contributed by atoms with Crippen molar-refractivity contribution in [1.29, 1.82) is 0 Å². The highest BCUT2D eigenvalue weighted by Crippen LogP contribution is 2.20. The summed E-state index contributed by atoms with van der Waals surface area (Å²) in [7, 11) is 0. The fourth-order valence-electron chi connectivity index (χ4n) is 1.91. The third-order valence-corrected chi connectivity index (χ3v) is 3.05. The summed E-state index contributed by atoms with van der Waals surface area (Å²) in [6.45, 7) is 2.36. The molecule has 110 valence electrons. The van der Waals surface area contributed by atoms with Crippen LogP contribution in [-0.2, 0) is 4.79 Å². The first kappa shape index (κ1) is 14.8. The number of benzene rings is 1. The fraction of sp³-hybridized carbons (Fsp3) is 0.267. The molecule has 1 amide bonds. The van der Waals surface area contributed by atoms with Crippen LogP contribution in [0.25, 0.3) is 11.3 Å². The first-order valence-corrected chi connectivity index (χ1v) is 6.65. The minimum atomic E-state index is -0.939. The van der Waals surface area contributed by atoms with Crippen molar-refractivity contribution in [2.75, 3.05) is 13.1 Å². The summed E-state index contributed by atoms with van der Waals surface area (Å²) in [5, 5.41) is 12.5. The van der Waals surface area contributed by atoms with Crippen LogP contribution in [0.3, 0.4) is 0 Å². The Morgan fingerprint density at radius 2 is 2.00 bits per heavy atom. The van der Waals surface area contributed by atoms with E-state index in [9.17, 15) is 9.59 Å². The average Bonchev–Trinajstić information content (AvgIpc) is 2.98. The summed E-state index contributed by atoms with van der Waals surface area (Å²) in [6, 6.07) is 10.9. The van der Waals surface area contributed by atoms with E-state index in [2.05, 4.69) is 5.16 Å². The second-order valence-electron chi connectivity index (χ2n) is 4.47. The van der Waals surface area contributed by atoms with Gasteiger partial charge >= 0.3 is 5.97 Å². The second kappa shape index (κ2) is 6.69. The van der Waals surface area contributed by atoms with Crippen LogP contribution in [0.5, 0.6) is 0 Å². The van der Waals surface area contributed by atoms with Gasteiger partial charge in [-0.1, -0.05) is 35.5 Å². The van der Waals surface area contributed by atoms with Crippen LogP contribution < -0.4 is 0 Å². The summed E-state index contributed by atoms with van der Waals surface area (Å²) < 4.78 is 5.18. The lowest BCUT2D eigenvalue weighted by atomic mass is 10.1. The van der Waals surface area contributed by atoms with E-state index in [1.807, 2.05) is 30.3 Å². The molecule has 0 saturated carbocycles. The highest BCUT2D eigenvalue weighted by Gasteiger charge is 2.19. The standard InChI is InChI=1S/C15H16N2O4/c1-2-17(9-8-14(18)19)15(20)12-10-13(21-16-12)11-6-4-3-5-7-11/h3-7,10H,2,8-9H2,1H3,(H,18,19). The molecule has 1 heterocycles. The maximum atomic E-state index is 12.2. The van der Waals surface area contributed by atoms with Gasteiger partial charge in [0, 0.05) is 24.7 Å². The number of rotatable bonds is 6. The summed E-state index contributed by atoms with van der Waals surface area (Å²) >= 11 is 0. The normalized spacial score (nSPS) is 10.3. The predicted molar refractivity (Wildman–Crippen MR) is 75.8 cm³/mol. The van der Waals surface area contributed by atoms with E-state index in [1.165, 1.54) is 4.90 Å². The molecule has 0 aliphatic heterocycles. The molecule has 2 aromatic rings. The van der Waals surface area contributed by atoms with Gasteiger partial charge in [0.1, 0.15) is 0 Å². The molecule has 0 saturated heterocycles. The smallest absolute Gasteiger partial charge is 0.305 e. The van der Waals surface area contributed by atoms with Gasteiger partial charge in [-0.05, 0) is 6.92 Å². The molecular weight excluding hydrogens is 272 g/mol. The molecule has 0 atom stereocenters. The average molecular weight is 288 g/mol. The van der Waals surface area contributed by atoms with Gasteiger partial charge in [0.15, 0.2) is 11.5 Å². The van der Waals surface area contributed by atoms with E-state index in [-0.39, 0.29) is 24.6 Å². The van der Waals surface area contributed by atoms with Crippen molar-refractivity contribution in [2.24, 2.45) is 0 Å². The Balaban J connectivity index is 2.12. The number of carboxylic acid groups (broad SMARTS) is 1. The van der Waals surface area contributed by atoms with Gasteiger partial charge in [-0.15, -0.1) is 0 Å². The topological polar surface area (TPSA) is 83.6 Å². The molecule has 21 heavy (non-hydrogen) atoms. The van der Waals surface area contributed by atoms with Crippen molar-refractivity contribution in [3.8, 4) is 11.3 Å². The van der Waals surface area contributed by atoms with Crippen LogP contribution in [0, 0.1) is 0 Å². The van der Waals surface area contributed by atoms with Gasteiger partial charge in [-0.3, -0.25) is 9.59 Å². The minimum absolute atomic E-state index is 0.0943. The zero-order valence-corrected chi connectivity index (χ0v) is 11.7. The number of carbonyl (C=O) groups is 2. The highest BCUT2D eigenvalue weighted by molar-refractivity contribution is 5.93. The predicted octanol–water partition coefficient (Wildman–Crippen LogP) is 2.28. The lowest BCUT2D eigenvalue weighted by molar-refractivity contribution is -0.137. The molecule has 6 nitrogen and oxygen atoms in total. The maximum Gasteiger partial charge on any atom is 0.305 e. The Morgan fingerprint density at radius 1 is 1.29 bits per heavy atom. The van der Waals surface area contributed by atoms with E-state index in [0.29, 0.717) is 12.3 Å². The van der Waals surface area contributed by atoms with Crippen molar-refractivity contribution in [3.05, 3.63) is 42.1 Å². The van der Waals surface area contributed by atoms with Crippen LogP contribution in [0.4, 0.5) is 0 Å². The van der Waals surface area contributed by atoms with Gasteiger partial charge in [0.05, 0.1) is 6.42 Å². The molecule has 1 aromatic carbocycles. The third-order valence-electron chi connectivity index (χ3n) is 3.05. The third kappa shape index (κ3) is 3.68. The zero-order valence-electron chi connectivity index (χ0n) is 11.7. The first-order chi connectivity index (χ1) is 10.1. The van der Waals surface area contributed by atoms with Gasteiger partial charge in [-0.25, -0.2) is 0 Å². The van der Waals surface area contributed by atoms with E-state index in [1.54, 1.807) is 13.0 Å². The quantitative estimate of drug-likeness (QED) is 0.881. The number of aromatic nitrogens is 1. The monoisotopic (exact) mass is 288 g/mol. The molecule has 0 aliphatic carbocycles. The Labute approximate surface area is 122 Å². The number of aliphatic carboxylic acids is 1. The molecule has 1 N–H and O–H groups in total. The van der Waals surface area contributed by atoms with Crippen molar-refractivity contribution in [2.45, 2.75) is 13.3 Å². The summed E-state index contributed by atoms with van der Waals surface area (Å²) in [6.07, 6.45) is -0.0943. The van der Waals surface area contributed by atoms with Crippen LogP contribution in [0.15, 0.2) is 40.9 Å². The lowest BCUT2D eigenvalue weighted by Crippen LogP contribution is -2.33. The van der Waals surface area contributed by atoms with Gasteiger partial charge in [0.25, 0.3) is 5.91 Å². The largest absolute Gasteiger partial charge is 0.481 e. The fourth-order valence-corrected chi connectivity index (χ4v) is 1.91. The molecule has 0 radical (unpaired) electrons. The van der Waals surface area contributed by atoms with Crippen molar-refractivity contribution in [1.82, 2.24) is 10.1 Å². The molecule has 0 unspecified atom stereocenters. The molecule has 0 aliphatic rings. The number of nitrogens with zero attached hydrogens (tertiary/aromatic N) is 2. The van der Waals surface area contributed by atoms with Crippen LogP contribution >= 0.6 is 0 Å². The van der Waals surface area contributed by atoms with Crippen molar-refractivity contribution in [3.63, 3.8) is 0 Å². The maximum absolute atomic E-state index is 12.2. The molecule has 0 bridgehead atoms. The number of carbonyl (C=O) groups excluding carboxylic acids is 1. The van der Waals surface area contributed by atoms with Crippen LogP contribution in [0.2, 0.25) is 0 Å². The molecule has 6 heteroatoms. The summed E-state index contributed by atoms with van der Waals surface area (Å²) in [5.41, 5.74) is 1.01. The molecular formula is C15H16N2O4. The Morgan fingerprint density at radius 3 is 2.62 bits per heavy atom. The van der Waals surface area contributed by atoms with E-state index in [4.69, 9.17) is 9.63 Å². The second-order valence-corrected chi connectivity index (χ2v) is 4.47. The van der Waals surface area contributed by atoms with Crippen LogP contribution in [0.1, 0.15) is 23.8 Å². The molecule has 1 aromatic heterocycles. The Hall–Kier alpha value is -2.63. The number of hydrogen-bond donors (Lipinski definition) is 1. The van der Waals surface area contributed by atoms with Gasteiger partial charge in [-0.2, -0.15) is 0 Å². The van der Waals surface area contributed by atoms with E-state index < -0.39 is 5.97 Å². The van der Waals surface area contributed by atoms with Crippen LogP contribution in [-0.4, -0.2) is 40.1 Å². The Bertz CT molecular complexity index is 622. The SMILES string of the molecule is CCN(CCC(=O)O)C(=O)c1cc(-c2ccccc2)on1. The molecule has 2 rings (SSSR count). The number of carboxylic acids is 1.